The van der Waals surface area contributed by atoms with Gasteiger partial charge in [0.25, 0.3) is 0 Å². The van der Waals surface area contributed by atoms with Crippen LogP contribution in [-0.2, 0) is 11.0 Å². The van der Waals surface area contributed by atoms with E-state index in [1.165, 1.54) is 0 Å². The van der Waals surface area contributed by atoms with Gasteiger partial charge in [0.1, 0.15) is 11.0 Å². The zero-order valence-electron chi connectivity index (χ0n) is 11.5. The van der Waals surface area contributed by atoms with Crippen LogP contribution in [0.15, 0.2) is 34.7 Å². The number of hydrogen-bond acceptors (Lipinski definition) is 2. The molecule has 0 heterocycles. The van der Waals surface area contributed by atoms with Crippen LogP contribution < -0.4 is 0 Å². The molecular weight excluding hydrogens is 256 g/mol. The average molecular weight is 274 g/mol. The third-order valence-electron chi connectivity index (χ3n) is 3.08. The van der Waals surface area contributed by atoms with Crippen LogP contribution in [0.4, 0.5) is 0 Å². The number of rotatable bonds is 3. The van der Waals surface area contributed by atoms with Crippen molar-refractivity contribution in [1.29, 1.82) is 5.26 Å². The van der Waals surface area contributed by atoms with E-state index in [1.807, 2.05) is 51.1 Å². The molecule has 0 saturated heterocycles. The quantitative estimate of drug-likeness (QED) is 0.795. The zero-order valence-corrected chi connectivity index (χ0v) is 12.3. The summed E-state index contributed by atoms with van der Waals surface area (Å²) < 4.78 is 16.3. The van der Waals surface area contributed by atoms with Crippen molar-refractivity contribution in [3.8, 4) is 6.07 Å². The largest absolute Gasteiger partial charge is 0.234 e. The molecule has 0 radical (unpaired) electrons. The molecular formula is C15H18N2OS. The zero-order chi connectivity index (χ0) is 14.0. The Morgan fingerprint density at radius 1 is 1.37 bits per heavy atom. The van der Waals surface area contributed by atoms with E-state index in [9.17, 15) is 4.21 Å². The Labute approximate surface area is 117 Å². The molecule has 100 valence electrons. The first-order chi connectivity index (χ1) is 8.93. The lowest BCUT2D eigenvalue weighted by atomic mass is 10.1. The van der Waals surface area contributed by atoms with Crippen LogP contribution in [0.2, 0.25) is 0 Å². The maximum Gasteiger partial charge on any atom is 0.145 e. The minimum atomic E-state index is -1.29. The van der Waals surface area contributed by atoms with E-state index < -0.39 is 11.0 Å². The summed E-state index contributed by atoms with van der Waals surface area (Å²) in [7, 11) is -1.29. The lowest BCUT2D eigenvalue weighted by Crippen LogP contribution is -2.21. The van der Waals surface area contributed by atoms with Gasteiger partial charge in [-0.25, -0.2) is 4.21 Å². The predicted octanol–water partition coefficient (Wildman–Crippen LogP) is 3.10. The van der Waals surface area contributed by atoms with Gasteiger partial charge >= 0.3 is 0 Å². The highest BCUT2D eigenvalue weighted by Crippen LogP contribution is 2.41. The Morgan fingerprint density at radius 2 is 2.00 bits per heavy atom. The van der Waals surface area contributed by atoms with Gasteiger partial charge in [-0.05, 0) is 32.8 Å². The minimum absolute atomic E-state index is 0.0240. The van der Waals surface area contributed by atoms with Crippen molar-refractivity contribution in [1.82, 2.24) is 0 Å². The molecule has 1 aromatic rings. The molecule has 0 bridgehead atoms. The van der Waals surface area contributed by atoms with Crippen LogP contribution in [0, 0.1) is 23.2 Å². The molecule has 0 N–H and O–H groups in total. The molecule has 1 fully saturated rings. The van der Waals surface area contributed by atoms with Gasteiger partial charge in [0.2, 0.25) is 0 Å². The van der Waals surface area contributed by atoms with Crippen molar-refractivity contribution >= 4 is 16.7 Å². The van der Waals surface area contributed by atoms with Crippen LogP contribution >= 0.6 is 0 Å². The summed E-state index contributed by atoms with van der Waals surface area (Å²) in [6, 6.07) is 12.0. The Bertz CT molecular complexity index is 552. The van der Waals surface area contributed by atoms with Crippen molar-refractivity contribution in [2.45, 2.75) is 31.9 Å². The summed E-state index contributed by atoms with van der Waals surface area (Å²) in [5.41, 5.74) is 1.79. The monoisotopic (exact) mass is 274 g/mol. The first-order valence-corrected chi connectivity index (χ1v) is 7.50. The number of nitriles is 1. The fourth-order valence-electron chi connectivity index (χ4n) is 1.81. The molecule has 3 nitrogen and oxygen atoms in total. The summed E-state index contributed by atoms with van der Waals surface area (Å²) in [4.78, 5) is 0. The van der Waals surface area contributed by atoms with Crippen molar-refractivity contribution in [2.75, 3.05) is 0 Å². The van der Waals surface area contributed by atoms with E-state index in [-0.39, 0.29) is 16.6 Å². The van der Waals surface area contributed by atoms with Gasteiger partial charge < -0.3 is 0 Å². The van der Waals surface area contributed by atoms with E-state index >= 15 is 0 Å². The van der Waals surface area contributed by atoms with Crippen LogP contribution in [0.3, 0.4) is 0 Å². The lowest BCUT2D eigenvalue weighted by molar-refractivity contribution is 0.650. The van der Waals surface area contributed by atoms with Crippen LogP contribution in [0.5, 0.6) is 0 Å². The Hall–Kier alpha value is -1.47. The first kappa shape index (κ1) is 14.0. The second-order valence-electron chi connectivity index (χ2n) is 5.78. The fourth-order valence-corrected chi connectivity index (χ4v) is 2.50. The van der Waals surface area contributed by atoms with Gasteiger partial charge in [-0.15, -0.1) is 0 Å². The first-order valence-electron chi connectivity index (χ1n) is 6.39. The summed E-state index contributed by atoms with van der Waals surface area (Å²) in [6.45, 7) is 5.72. The maximum atomic E-state index is 12.2. The average Bonchev–Trinajstić information content (AvgIpc) is 3.14. The third kappa shape index (κ3) is 3.30. The molecule has 1 aliphatic rings. The molecule has 0 aromatic heterocycles. The normalized spacial score (nSPS) is 24.6. The minimum Gasteiger partial charge on any atom is -0.234 e. The number of nitrogens with zero attached hydrogens (tertiary/aromatic N) is 2. The Balaban J connectivity index is 2.35. The van der Waals surface area contributed by atoms with Gasteiger partial charge in [-0.3, -0.25) is 0 Å². The standard InChI is InChI=1S/C15H18N2OS/c1-15(2,3)19(18)17-14(13-9-12(13)10-16)11-7-5-4-6-8-11/h4-8,12-13H,9H2,1-3H3/t12-,13+,19?/m0/s1. The van der Waals surface area contributed by atoms with Gasteiger partial charge in [0.15, 0.2) is 0 Å². The van der Waals surface area contributed by atoms with Crippen molar-refractivity contribution < 1.29 is 4.21 Å². The SMILES string of the molecule is CC(C)(C)S(=O)N=C(c1ccccc1)[C@@H]1C[C@H]1C#N. The third-order valence-corrected chi connectivity index (χ3v) is 4.49. The van der Waals surface area contributed by atoms with Gasteiger partial charge in [-0.2, -0.15) is 9.66 Å². The van der Waals surface area contributed by atoms with Crippen LogP contribution in [-0.4, -0.2) is 14.7 Å². The second-order valence-corrected chi connectivity index (χ2v) is 7.69. The van der Waals surface area contributed by atoms with E-state index in [2.05, 4.69) is 10.5 Å². The van der Waals surface area contributed by atoms with E-state index in [0.717, 1.165) is 17.7 Å². The molecule has 1 unspecified atom stereocenters. The Morgan fingerprint density at radius 3 is 2.47 bits per heavy atom. The van der Waals surface area contributed by atoms with Crippen molar-refractivity contribution in [3.63, 3.8) is 0 Å². The van der Waals surface area contributed by atoms with Crippen molar-refractivity contribution in [2.24, 2.45) is 16.2 Å². The van der Waals surface area contributed by atoms with Gasteiger partial charge in [0, 0.05) is 5.92 Å². The summed E-state index contributed by atoms with van der Waals surface area (Å²) in [6.07, 6.45) is 0.825. The topological polar surface area (TPSA) is 53.2 Å². The highest BCUT2D eigenvalue weighted by Gasteiger charge is 2.42. The number of hydrogen-bond donors (Lipinski definition) is 0. The predicted molar refractivity (Wildman–Crippen MR) is 78.1 cm³/mol. The Kier molecular flexibility index (Phi) is 3.86. The molecule has 4 heteroatoms. The van der Waals surface area contributed by atoms with E-state index in [0.29, 0.717) is 0 Å². The van der Waals surface area contributed by atoms with E-state index in [1.54, 1.807) is 0 Å². The fraction of sp³-hybridized carbons (Fsp3) is 0.467. The smallest absolute Gasteiger partial charge is 0.145 e. The molecule has 0 aliphatic heterocycles. The molecule has 0 amide bonds. The molecule has 19 heavy (non-hydrogen) atoms. The van der Waals surface area contributed by atoms with Gasteiger partial charge in [-0.1, -0.05) is 30.3 Å². The summed E-state index contributed by atoms with van der Waals surface area (Å²) in [5, 5.41) is 8.99. The van der Waals surface area contributed by atoms with Gasteiger partial charge in [0.05, 0.1) is 22.4 Å². The molecule has 1 saturated carbocycles. The second kappa shape index (κ2) is 5.26. The number of benzene rings is 1. The summed E-state index contributed by atoms with van der Waals surface area (Å²) >= 11 is 0. The molecule has 1 aliphatic carbocycles. The van der Waals surface area contributed by atoms with Crippen LogP contribution in [0.1, 0.15) is 32.8 Å². The molecule has 2 rings (SSSR count). The highest BCUT2D eigenvalue weighted by molar-refractivity contribution is 7.85. The van der Waals surface area contributed by atoms with Crippen LogP contribution in [0.25, 0.3) is 0 Å². The lowest BCUT2D eigenvalue weighted by Gasteiger charge is -2.15. The summed E-state index contributed by atoms with van der Waals surface area (Å²) in [5.74, 6) is 0.162. The molecule has 0 spiro atoms. The van der Waals surface area contributed by atoms with E-state index in [4.69, 9.17) is 5.26 Å². The highest BCUT2D eigenvalue weighted by atomic mass is 32.2. The van der Waals surface area contributed by atoms with Crippen molar-refractivity contribution in [3.05, 3.63) is 35.9 Å². The molecule has 1 aromatic carbocycles. The molecule has 3 atom stereocenters. The maximum absolute atomic E-state index is 12.2.